The molecule has 2 heterocycles. The Labute approximate surface area is 186 Å². The molecule has 1 saturated heterocycles. The van der Waals surface area contributed by atoms with Gasteiger partial charge in [0.1, 0.15) is 11.7 Å². The van der Waals surface area contributed by atoms with Crippen LogP contribution in [0.4, 0.5) is 0 Å². The summed E-state index contributed by atoms with van der Waals surface area (Å²) in [5.74, 6) is -0.384. The molecule has 160 valence electrons. The van der Waals surface area contributed by atoms with E-state index in [1.54, 1.807) is 30.0 Å². The second-order valence-corrected chi connectivity index (χ2v) is 7.86. The van der Waals surface area contributed by atoms with Gasteiger partial charge in [0.2, 0.25) is 0 Å². The summed E-state index contributed by atoms with van der Waals surface area (Å²) in [5, 5.41) is 1.62. The molecular formula is C24H24ClN3O3. The van der Waals surface area contributed by atoms with Crippen molar-refractivity contribution in [2.24, 2.45) is 0 Å². The highest BCUT2D eigenvalue weighted by Crippen LogP contribution is 2.26. The summed E-state index contributed by atoms with van der Waals surface area (Å²) < 4.78 is 5.32. The van der Waals surface area contributed by atoms with Crippen LogP contribution < -0.4 is 0 Å². The van der Waals surface area contributed by atoms with Crippen LogP contribution in [0.3, 0.4) is 0 Å². The molecule has 0 saturated carbocycles. The summed E-state index contributed by atoms with van der Waals surface area (Å²) in [5.41, 5.74) is 2.07. The average molecular weight is 438 g/mol. The number of piperazine rings is 1. The third-order valence-corrected chi connectivity index (χ3v) is 5.73. The van der Waals surface area contributed by atoms with Crippen molar-refractivity contribution in [3.8, 4) is 0 Å². The van der Waals surface area contributed by atoms with Gasteiger partial charge in [0.25, 0.3) is 5.91 Å². The van der Waals surface area contributed by atoms with E-state index < -0.39 is 6.04 Å². The van der Waals surface area contributed by atoms with Crippen LogP contribution in [0.2, 0.25) is 5.02 Å². The highest BCUT2D eigenvalue weighted by molar-refractivity contribution is 6.30. The van der Waals surface area contributed by atoms with Crippen molar-refractivity contribution in [2.75, 3.05) is 32.8 Å². The number of carbonyl (C=O) groups is 2. The number of ether oxygens (including phenoxy) is 1. The molecule has 0 bridgehead atoms. The van der Waals surface area contributed by atoms with Crippen LogP contribution in [-0.2, 0) is 9.53 Å². The quantitative estimate of drug-likeness (QED) is 0.565. The molecule has 1 aromatic heterocycles. The second-order valence-electron chi connectivity index (χ2n) is 7.42. The van der Waals surface area contributed by atoms with E-state index in [0.717, 1.165) is 16.5 Å². The number of hydrogen-bond donors (Lipinski definition) is 0. The fourth-order valence-corrected chi connectivity index (χ4v) is 4.02. The first kappa shape index (κ1) is 21.3. The van der Waals surface area contributed by atoms with E-state index in [2.05, 4.69) is 9.88 Å². The van der Waals surface area contributed by atoms with Crippen LogP contribution in [0.25, 0.3) is 10.9 Å². The molecule has 6 nitrogen and oxygen atoms in total. The number of hydrogen-bond acceptors (Lipinski definition) is 5. The summed E-state index contributed by atoms with van der Waals surface area (Å²) in [6.07, 6.45) is 0. The number of fused-ring (bicyclic) bond motifs is 1. The van der Waals surface area contributed by atoms with Crippen LogP contribution in [0.5, 0.6) is 0 Å². The van der Waals surface area contributed by atoms with Crippen LogP contribution in [0.15, 0.2) is 60.7 Å². The van der Waals surface area contributed by atoms with Gasteiger partial charge in [-0.2, -0.15) is 0 Å². The zero-order valence-electron chi connectivity index (χ0n) is 17.3. The minimum absolute atomic E-state index is 0.0930. The molecule has 2 aromatic carbocycles. The van der Waals surface area contributed by atoms with E-state index in [9.17, 15) is 9.59 Å². The Balaban J connectivity index is 1.48. The standard InChI is InChI=1S/C24H24ClN3O3/c1-2-31-24(30)22(18-7-10-19(25)11-8-18)27-13-15-28(16-14-27)23(29)21-12-9-17-5-3-4-6-20(17)26-21/h3-12,22H,2,13-16H2,1H3. The lowest BCUT2D eigenvalue weighted by Crippen LogP contribution is -2.51. The Bertz CT molecular complexity index is 1080. The predicted molar refractivity (Wildman–Crippen MR) is 120 cm³/mol. The fourth-order valence-electron chi connectivity index (χ4n) is 3.89. The molecule has 1 unspecified atom stereocenters. The van der Waals surface area contributed by atoms with Gasteiger partial charge >= 0.3 is 5.97 Å². The number of amides is 1. The molecule has 31 heavy (non-hydrogen) atoms. The first-order valence-electron chi connectivity index (χ1n) is 10.4. The largest absolute Gasteiger partial charge is 0.465 e. The number of rotatable bonds is 5. The molecule has 1 atom stereocenters. The lowest BCUT2D eigenvalue weighted by Gasteiger charge is -2.38. The molecule has 0 N–H and O–H groups in total. The third-order valence-electron chi connectivity index (χ3n) is 5.48. The summed E-state index contributed by atoms with van der Waals surface area (Å²) in [6, 6.07) is 18.1. The van der Waals surface area contributed by atoms with Gasteiger partial charge in [0.05, 0.1) is 12.1 Å². The second kappa shape index (κ2) is 9.45. The van der Waals surface area contributed by atoms with E-state index in [4.69, 9.17) is 16.3 Å². The van der Waals surface area contributed by atoms with Crippen molar-refractivity contribution in [3.63, 3.8) is 0 Å². The maximum Gasteiger partial charge on any atom is 0.328 e. The molecule has 7 heteroatoms. The first-order chi connectivity index (χ1) is 15.1. The van der Waals surface area contributed by atoms with Gasteiger partial charge in [-0.3, -0.25) is 9.69 Å². The highest BCUT2D eigenvalue weighted by atomic mass is 35.5. The minimum atomic E-state index is -0.520. The van der Waals surface area contributed by atoms with E-state index in [1.165, 1.54) is 0 Å². The molecule has 1 aliphatic heterocycles. The molecule has 1 fully saturated rings. The molecule has 3 aromatic rings. The topological polar surface area (TPSA) is 62.7 Å². The number of benzene rings is 2. The zero-order chi connectivity index (χ0) is 21.8. The Morgan fingerprint density at radius 3 is 2.42 bits per heavy atom. The number of aromatic nitrogens is 1. The Hall–Kier alpha value is -2.96. The SMILES string of the molecule is CCOC(=O)C(c1ccc(Cl)cc1)N1CCN(C(=O)c2ccc3ccccc3n2)CC1. The third kappa shape index (κ3) is 4.70. The summed E-state index contributed by atoms with van der Waals surface area (Å²) in [4.78, 5) is 34.1. The lowest BCUT2D eigenvalue weighted by atomic mass is 10.0. The van der Waals surface area contributed by atoms with Crippen LogP contribution in [0.1, 0.15) is 29.0 Å². The number of para-hydroxylation sites is 1. The Morgan fingerprint density at radius 1 is 1.00 bits per heavy atom. The minimum Gasteiger partial charge on any atom is -0.465 e. The molecule has 1 amide bonds. The van der Waals surface area contributed by atoms with Crippen molar-refractivity contribution in [2.45, 2.75) is 13.0 Å². The molecular weight excluding hydrogens is 414 g/mol. The Kier molecular flexibility index (Phi) is 6.49. The van der Waals surface area contributed by atoms with E-state index in [0.29, 0.717) is 43.5 Å². The van der Waals surface area contributed by atoms with Gasteiger partial charge in [-0.05, 0) is 36.8 Å². The fraction of sp³-hybridized carbons (Fsp3) is 0.292. The molecule has 0 aliphatic carbocycles. The van der Waals surface area contributed by atoms with Crippen molar-refractivity contribution in [1.29, 1.82) is 0 Å². The van der Waals surface area contributed by atoms with Gasteiger partial charge in [-0.25, -0.2) is 9.78 Å². The van der Waals surface area contributed by atoms with Crippen LogP contribution in [0, 0.1) is 0 Å². The van der Waals surface area contributed by atoms with Crippen LogP contribution in [-0.4, -0.2) is 59.4 Å². The smallest absolute Gasteiger partial charge is 0.328 e. The number of carbonyl (C=O) groups excluding carboxylic acids is 2. The van der Waals surface area contributed by atoms with Gasteiger partial charge in [-0.1, -0.05) is 48.0 Å². The van der Waals surface area contributed by atoms with Gasteiger partial charge in [0, 0.05) is 36.6 Å². The molecule has 1 aliphatic rings. The summed E-state index contributed by atoms with van der Waals surface area (Å²) in [6.45, 7) is 4.25. The van der Waals surface area contributed by atoms with Crippen LogP contribution >= 0.6 is 11.6 Å². The average Bonchev–Trinajstić information content (AvgIpc) is 2.80. The van der Waals surface area contributed by atoms with Crippen molar-refractivity contribution < 1.29 is 14.3 Å². The predicted octanol–water partition coefficient (Wildman–Crippen LogP) is 3.95. The molecule has 0 spiro atoms. The van der Waals surface area contributed by atoms with Crippen molar-refractivity contribution in [3.05, 3.63) is 76.9 Å². The molecule has 4 rings (SSSR count). The van der Waals surface area contributed by atoms with Gasteiger partial charge in [0.15, 0.2) is 0 Å². The van der Waals surface area contributed by atoms with E-state index in [-0.39, 0.29) is 11.9 Å². The Morgan fingerprint density at radius 2 is 1.71 bits per heavy atom. The van der Waals surface area contributed by atoms with Crippen molar-refractivity contribution in [1.82, 2.24) is 14.8 Å². The molecule has 0 radical (unpaired) electrons. The number of halogens is 1. The maximum atomic E-state index is 13.0. The lowest BCUT2D eigenvalue weighted by molar-refractivity contribution is -0.150. The van der Waals surface area contributed by atoms with E-state index >= 15 is 0 Å². The maximum absolute atomic E-state index is 13.0. The van der Waals surface area contributed by atoms with Crippen molar-refractivity contribution >= 4 is 34.4 Å². The first-order valence-corrected chi connectivity index (χ1v) is 10.8. The number of nitrogens with zero attached hydrogens (tertiary/aromatic N) is 3. The monoisotopic (exact) mass is 437 g/mol. The van der Waals surface area contributed by atoms with Gasteiger partial charge in [-0.15, -0.1) is 0 Å². The van der Waals surface area contributed by atoms with Gasteiger partial charge < -0.3 is 9.64 Å². The number of esters is 1. The summed E-state index contributed by atoms with van der Waals surface area (Å²) in [7, 11) is 0. The highest BCUT2D eigenvalue weighted by Gasteiger charge is 2.33. The number of pyridine rings is 1. The zero-order valence-corrected chi connectivity index (χ0v) is 18.1. The summed E-state index contributed by atoms with van der Waals surface area (Å²) >= 11 is 6.01. The normalized spacial score (nSPS) is 15.6. The van der Waals surface area contributed by atoms with E-state index in [1.807, 2.05) is 42.5 Å².